The van der Waals surface area contributed by atoms with Gasteiger partial charge in [0.1, 0.15) is 11.2 Å². The Kier molecular flexibility index (Phi) is 3.07. The highest BCUT2D eigenvalue weighted by molar-refractivity contribution is 6.13. The number of carbonyl (C=O) groups is 2. The first-order valence-corrected chi connectivity index (χ1v) is 5.78. The Hall–Kier alpha value is -1.91. The molecule has 0 aromatic heterocycles. The van der Waals surface area contributed by atoms with Crippen molar-refractivity contribution in [3.05, 3.63) is 30.1 Å². The van der Waals surface area contributed by atoms with E-state index in [2.05, 4.69) is 5.32 Å². The largest absolute Gasteiger partial charge is 0.358 e. The van der Waals surface area contributed by atoms with E-state index in [4.69, 9.17) is 0 Å². The molecule has 2 amide bonds. The third-order valence-electron chi connectivity index (χ3n) is 3.34. The molecular weight excluding hydrogens is 235 g/mol. The summed E-state index contributed by atoms with van der Waals surface area (Å²) in [5.74, 6) is -1.12. The quantitative estimate of drug-likeness (QED) is 0.822. The molecule has 1 N–H and O–H groups in total. The molecule has 0 atom stereocenters. The fourth-order valence-electron chi connectivity index (χ4n) is 2.06. The van der Waals surface area contributed by atoms with Crippen LogP contribution in [0, 0.1) is 11.2 Å². The fourth-order valence-corrected chi connectivity index (χ4v) is 2.06. The maximum absolute atomic E-state index is 13.6. The number of para-hydroxylation sites is 1. The van der Waals surface area contributed by atoms with Crippen LogP contribution >= 0.6 is 0 Å². The van der Waals surface area contributed by atoms with Gasteiger partial charge in [-0.1, -0.05) is 12.1 Å². The van der Waals surface area contributed by atoms with Crippen molar-refractivity contribution < 1.29 is 14.0 Å². The normalized spacial score (nSPS) is 15.9. The number of halogens is 1. The molecule has 0 radical (unpaired) electrons. The highest BCUT2D eigenvalue weighted by Crippen LogP contribution is 2.47. The molecule has 0 spiro atoms. The maximum Gasteiger partial charge on any atom is 0.242 e. The van der Waals surface area contributed by atoms with Crippen molar-refractivity contribution in [2.75, 3.05) is 19.0 Å². The smallest absolute Gasteiger partial charge is 0.242 e. The van der Waals surface area contributed by atoms with Crippen molar-refractivity contribution >= 4 is 17.5 Å². The molecule has 4 nitrogen and oxygen atoms in total. The Balaban J connectivity index is 2.25. The van der Waals surface area contributed by atoms with Crippen LogP contribution in [-0.2, 0) is 9.59 Å². The van der Waals surface area contributed by atoms with Crippen molar-refractivity contribution in [2.45, 2.75) is 12.8 Å². The molecule has 1 aliphatic carbocycles. The van der Waals surface area contributed by atoms with E-state index in [0.29, 0.717) is 12.8 Å². The first-order chi connectivity index (χ1) is 8.53. The lowest BCUT2D eigenvalue weighted by Crippen LogP contribution is -2.43. The maximum atomic E-state index is 13.6. The second-order valence-corrected chi connectivity index (χ2v) is 4.48. The van der Waals surface area contributed by atoms with Gasteiger partial charge >= 0.3 is 0 Å². The van der Waals surface area contributed by atoms with Crippen LogP contribution in [0.5, 0.6) is 0 Å². The average Bonchev–Trinajstić information content (AvgIpc) is 3.18. The SMILES string of the molecule is CNC(=O)C1(C(=O)N(C)c2ccccc2F)CC1. The van der Waals surface area contributed by atoms with Gasteiger partial charge in [0.2, 0.25) is 11.8 Å². The molecule has 1 fully saturated rings. The van der Waals surface area contributed by atoms with Crippen LogP contribution in [-0.4, -0.2) is 25.9 Å². The summed E-state index contributed by atoms with van der Waals surface area (Å²) >= 11 is 0. The third kappa shape index (κ3) is 1.85. The number of nitrogens with zero attached hydrogens (tertiary/aromatic N) is 1. The molecule has 96 valence electrons. The highest BCUT2D eigenvalue weighted by Gasteiger charge is 2.57. The van der Waals surface area contributed by atoms with E-state index in [9.17, 15) is 14.0 Å². The number of nitrogens with one attached hydrogen (secondary N) is 1. The molecule has 0 saturated heterocycles. The topological polar surface area (TPSA) is 49.4 Å². The van der Waals surface area contributed by atoms with Crippen LogP contribution < -0.4 is 10.2 Å². The van der Waals surface area contributed by atoms with E-state index in [-0.39, 0.29) is 17.5 Å². The van der Waals surface area contributed by atoms with Crippen LogP contribution in [0.2, 0.25) is 0 Å². The molecule has 1 saturated carbocycles. The van der Waals surface area contributed by atoms with Gasteiger partial charge < -0.3 is 10.2 Å². The first-order valence-electron chi connectivity index (χ1n) is 5.78. The van der Waals surface area contributed by atoms with Crippen molar-refractivity contribution in [3.8, 4) is 0 Å². The number of hydrogen-bond acceptors (Lipinski definition) is 2. The lowest BCUT2D eigenvalue weighted by atomic mass is 10.0. The summed E-state index contributed by atoms with van der Waals surface area (Å²) in [6.07, 6.45) is 1.04. The Bertz CT molecular complexity index is 498. The Morgan fingerprint density at radius 2 is 1.94 bits per heavy atom. The van der Waals surface area contributed by atoms with Crippen LogP contribution in [0.3, 0.4) is 0 Å². The van der Waals surface area contributed by atoms with Gasteiger partial charge in [0.25, 0.3) is 0 Å². The summed E-state index contributed by atoms with van der Waals surface area (Å²) in [6, 6.07) is 6.02. The summed E-state index contributed by atoms with van der Waals surface area (Å²) in [7, 11) is 2.99. The predicted octanol–water partition coefficient (Wildman–Crippen LogP) is 1.31. The van der Waals surface area contributed by atoms with Crippen LogP contribution in [0.15, 0.2) is 24.3 Å². The summed E-state index contributed by atoms with van der Waals surface area (Å²) < 4.78 is 13.6. The molecule has 0 bridgehead atoms. The van der Waals surface area contributed by atoms with E-state index >= 15 is 0 Å². The van der Waals surface area contributed by atoms with Gasteiger partial charge in [0.05, 0.1) is 5.69 Å². The van der Waals surface area contributed by atoms with Gasteiger partial charge in [-0.05, 0) is 25.0 Å². The number of rotatable bonds is 3. The Labute approximate surface area is 105 Å². The molecule has 2 rings (SSSR count). The van der Waals surface area contributed by atoms with Gasteiger partial charge in [0.15, 0.2) is 0 Å². The molecule has 5 heteroatoms. The minimum atomic E-state index is -0.994. The molecule has 0 aliphatic heterocycles. The zero-order valence-electron chi connectivity index (χ0n) is 10.4. The van der Waals surface area contributed by atoms with E-state index in [1.165, 1.54) is 31.1 Å². The average molecular weight is 250 g/mol. The molecule has 1 aromatic rings. The van der Waals surface area contributed by atoms with E-state index in [1.807, 2.05) is 0 Å². The third-order valence-corrected chi connectivity index (χ3v) is 3.34. The Morgan fingerprint density at radius 1 is 1.33 bits per heavy atom. The second-order valence-electron chi connectivity index (χ2n) is 4.48. The molecule has 0 heterocycles. The lowest BCUT2D eigenvalue weighted by molar-refractivity contribution is -0.135. The first kappa shape index (κ1) is 12.5. The Morgan fingerprint density at radius 3 is 2.44 bits per heavy atom. The molecule has 1 aromatic carbocycles. The minimum absolute atomic E-state index is 0.192. The van der Waals surface area contributed by atoms with Gasteiger partial charge in [0, 0.05) is 14.1 Å². The molecular formula is C13H15FN2O2. The number of hydrogen-bond donors (Lipinski definition) is 1. The second kappa shape index (κ2) is 4.40. The monoisotopic (exact) mass is 250 g/mol. The van der Waals surface area contributed by atoms with Crippen LogP contribution in [0.4, 0.5) is 10.1 Å². The van der Waals surface area contributed by atoms with Gasteiger partial charge in [-0.25, -0.2) is 4.39 Å². The van der Waals surface area contributed by atoms with Crippen LogP contribution in [0.25, 0.3) is 0 Å². The number of carbonyl (C=O) groups excluding carboxylic acids is 2. The summed E-state index contributed by atoms with van der Waals surface area (Å²) in [5, 5.41) is 2.49. The lowest BCUT2D eigenvalue weighted by Gasteiger charge is -2.22. The van der Waals surface area contributed by atoms with Crippen molar-refractivity contribution in [3.63, 3.8) is 0 Å². The van der Waals surface area contributed by atoms with Crippen molar-refractivity contribution in [1.82, 2.24) is 5.32 Å². The minimum Gasteiger partial charge on any atom is -0.358 e. The van der Waals surface area contributed by atoms with Crippen molar-refractivity contribution in [2.24, 2.45) is 5.41 Å². The zero-order chi connectivity index (χ0) is 13.3. The number of anilines is 1. The summed E-state index contributed by atoms with van der Waals surface area (Å²) in [4.78, 5) is 25.2. The molecule has 1 aliphatic rings. The number of benzene rings is 1. The molecule has 18 heavy (non-hydrogen) atoms. The molecule has 0 unspecified atom stereocenters. The van der Waals surface area contributed by atoms with E-state index in [1.54, 1.807) is 12.1 Å². The van der Waals surface area contributed by atoms with Gasteiger partial charge in [-0.15, -0.1) is 0 Å². The predicted molar refractivity (Wildman–Crippen MR) is 65.5 cm³/mol. The van der Waals surface area contributed by atoms with Crippen LogP contribution in [0.1, 0.15) is 12.8 Å². The zero-order valence-corrected chi connectivity index (χ0v) is 10.4. The number of amides is 2. The van der Waals surface area contributed by atoms with E-state index in [0.717, 1.165) is 0 Å². The van der Waals surface area contributed by atoms with Gasteiger partial charge in [-0.3, -0.25) is 9.59 Å². The van der Waals surface area contributed by atoms with Crippen molar-refractivity contribution in [1.29, 1.82) is 0 Å². The van der Waals surface area contributed by atoms with Gasteiger partial charge in [-0.2, -0.15) is 0 Å². The summed E-state index contributed by atoms with van der Waals surface area (Å²) in [5.41, 5.74) is -0.802. The standard InChI is InChI=1S/C13H15FN2O2/c1-15-11(17)13(7-8-13)12(18)16(2)10-6-4-3-5-9(10)14/h3-6H,7-8H2,1-2H3,(H,15,17). The fraction of sp³-hybridized carbons (Fsp3) is 0.385. The van der Waals surface area contributed by atoms with E-state index < -0.39 is 11.2 Å². The summed E-state index contributed by atoms with van der Waals surface area (Å²) in [6.45, 7) is 0. The highest BCUT2D eigenvalue weighted by atomic mass is 19.1.